The van der Waals surface area contributed by atoms with E-state index in [0.717, 1.165) is 17.7 Å². The van der Waals surface area contributed by atoms with Crippen LogP contribution in [0, 0.1) is 5.41 Å². The largest absolute Gasteiger partial charge is 0.386 e. The van der Waals surface area contributed by atoms with Crippen molar-refractivity contribution in [3.8, 4) is 0 Å². The minimum atomic E-state index is -0.589. The topological polar surface area (TPSA) is 49.7 Å². The first-order valence-electron chi connectivity index (χ1n) is 6.73. The van der Waals surface area contributed by atoms with E-state index in [1.165, 1.54) is 0 Å². The minimum Gasteiger partial charge on any atom is -0.386 e. The smallest absolute Gasteiger partial charge is 0.139 e. The molecule has 0 heterocycles. The molecule has 1 aliphatic rings. The summed E-state index contributed by atoms with van der Waals surface area (Å²) in [5.74, 6) is 0.254. The highest BCUT2D eigenvalue weighted by Gasteiger charge is 2.30. The molecule has 0 spiro atoms. The summed E-state index contributed by atoms with van der Waals surface area (Å²) in [5.41, 5.74) is 1.80. The van der Waals surface area contributed by atoms with Crippen LogP contribution in [0.2, 0.25) is 0 Å². The average Bonchev–Trinajstić information content (AvgIpc) is 2.34. The van der Waals surface area contributed by atoms with Crippen LogP contribution in [0.1, 0.15) is 44.8 Å². The number of aliphatic hydroxyl groups excluding tert-OH is 1. The molecule has 0 radical (unpaired) electrons. The molecule has 102 valence electrons. The number of carbonyl (C=O) groups excluding carboxylic acids is 1. The zero-order chi connectivity index (χ0) is 13.9. The van der Waals surface area contributed by atoms with Crippen LogP contribution in [0.25, 0.3) is 0 Å². The van der Waals surface area contributed by atoms with Crippen LogP contribution in [0.4, 0.5) is 0 Å². The van der Waals surface area contributed by atoms with Gasteiger partial charge in [-0.25, -0.2) is 0 Å². The number of carbonyl (C=O) groups is 1. The second-order valence-corrected chi connectivity index (χ2v) is 6.07. The highest BCUT2D eigenvalue weighted by Crippen LogP contribution is 2.32. The second-order valence-electron chi connectivity index (χ2n) is 6.07. The third-order valence-corrected chi connectivity index (χ3v) is 3.43. The van der Waals surface area contributed by atoms with Crippen molar-refractivity contribution in [1.29, 1.82) is 0 Å². The first kappa shape index (κ1) is 13.9. The normalized spacial score (nSPS) is 22.5. The maximum absolute atomic E-state index is 11.7. The molecule has 3 heteroatoms. The van der Waals surface area contributed by atoms with Crippen LogP contribution in [-0.4, -0.2) is 23.1 Å². The SMILES string of the molecule is CC1(C)CC(=O)CC(=NC[C@@H](O)c2ccccc2)C1. The fourth-order valence-electron chi connectivity index (χ4n) is 2.61. The van der Waals surface area contributed by atoms with E-state index in [9.17, 15) is 9.90 Å². The molecule has 1 aliphatic carbocycles. The highest BCUT2D eigenvalue weighted by atomic mass is 16.3. The summed E-state index contributed by atoms with van der Waals surface area (Å²) in [6.45, 7) is 4.52. The molecule has 1 fully saturated rings. The van der Waals surface area contributed by atoms with Crippen molar-refractivity contribution >= 4 is 11.5 Å². The zero-order valence-electron chi connectivity index (χ0n) is 11.6. The molecule has 0 saturated heterocycles. The summed E-state index contributed by atoms with van der Waals surface area (Å²) in [7, 11) is 0. The Morgan fingerprint density at radius 3 is 2.58 bits per heavy atom. The van der Waals surface area contributed by atoms with Gasteiger partial charge in [0.15, 0.2) is 0 Å². The third-order valence-electron chi connectivity index (χ3n) is 3.43. The number of aliphatic hydroxyl groups is 1. The Morgan fingerprint density at radius 2 is 1.95 bits per heavy atom. The highest BCUT2D eigenvalue weighted by molar-refractivity contribution is 6.04. The van der Waals surface area contributed by atoms with Gasteiger partial charge in [-0.1, -0.05) is 44.2 Å². The van der Waals surface area contributed by atoms with Crippen LogP contribution in [-0.2, 0) is 4.79 Å². The lowest BCUT2D eigenvalue weighted by Gasteiger charge is -2.29. The van der Waals surface area contributed by atoms with Gasteiger partial charge in [-0.3, -0.25) is 9.79 Å². The van der Waals surface area contributed by atoms with Gasteiger partial charge < -0.3 is 5.11 Å². The first-order valence-corrected chi connectivity index (χ1v) is 6.73. The molecule has 1 aromatic carbocycles. The van der Waals surface area contributed by atoms with Gasteiger partial charge in [-0.15, -0.1) is 0 Å². The Morgan fingerprint density at radius 1 is 1.26 bits per heavy atom. The van der Waals surface area contributed by atoms with E-state index in [2.05, 4.69) is 18.8 Å². The van der Waals surface area contributed by atoms with E-state index in [1.807, 2.05) is 30.3 Å². The molecule has 1 saturated carbocycles. The predicted molar refractivity (Wildman–Crippen MR) is 76.3 cm³/mol. The van der Waals surface area contributed by atoms with Crippen molar-refractivity contribution in [2.75, 3.05) is 6.54 Å². The maximum Gasteiger partial charge on any atom is 0.139 e. The molecule has 3 nitrogen and oxygen atoms in total. The number of rotatable bonds is 3. The average molecular weight is 259 g/mol. The summed E-state index contributed by atoms with van der Waals surface area (Å²) in [6.07, 6.45) is 1.34. The fraction of sp³-hybridized carbons (Fsp3) is 0.500. The van der Waals surface area contributed by atoms with Gasteiger partial charge in [0.05, 0.1) is 12.6 Å². The monoisotopic (exact) mass is 259 g/mol. The standard InChI is InChI=1S/C16H21NO2/c1-16(2)9-13(8-14(18)10-16)17-11-15(19)12-6-4-3-5-7-12/h3-7,15,19H,8-11H2,1-2H3/t15-/m1/s1. The molecule has 1 atom stereocenters. The summed E-state index contributed by atoms with van der Waals surface area (Å²) >= 11 is 0. The van der Waals surface area contributed by atoms with Gasteiger partial charge in [-0.05, 0) is 17.4 Å². The van der Waals surface area contributed by atoms with Crippen molar-refractivity contribution in [1.82, 2.24) is 0 Å². The van der Waals surface area contributed by atoms with E-state index in [4.69, 9.17) is 0 Å². The van der Waals surface area contributed by atoms with Gasteiger partial charge in [0.2, 0.25) is 0 Å². The maximum atomic E-state index is 11.7. The number of Topliss-reactive ketones (excluding diaryl/α,β-unsaturated/α-hetero) is 1. The lowest BCUT2D eigenvalue weighted by atomic mass is 9.76. The molecule has 1 aromatic rings. The number of hydrogen-bond acceptors (Lipinski definition) is 3. The quantitative estimate of drug-likeness (QED) is 0.907. The van der Waals surface area contributed by atoms with Crippen molar-refractivity contribution < 1.29 is 9.90 Å². The van der Waals surface area contributed by atoms with E-state index >= 15 is 0 Å². The Hall–Kier alpha value is -1.48. The second kappa shape index (κ2) is 5.66. The first-order chi connectivity index (χ1) is 8.96. The molecule has 0 amide bonds. The van der Waals surface area contributed by atoms with Gasteiger partial charge in [-0.2, -0.15) is 0 Å². The summed E-state index contributed by atoms with van der Waals surface area (Å²) in [4.78, 5) is 16.1. The van der Waals surface area contributed by atoms with Crippen LogP contribution >= 0.6 is 0 Å². The van der Waals surface area contributed by atoms with Crippen molar-refractivity contribution in [2.24, 2.45) is 10.4 Å². The molecule has 1 N–H and O–H groups in total. The number of aliphatic imine (C=N–C) groups is 1. The number of benzene rings is 1. The molecular formula is C16H21NO2. The molecule has 0 unspecified atom stereocenters. The number of ketones is 1. The summed E-state index contributed by atoms with van der Waals surface area (Å²) < 4.78 is 0. The Balaban J connectivity index is 2.00. The van der Waals surface area contributed by atoms with Gasteiger partial charge in [0.1, 0.15) is 5.78 Å². The van der Waals surface area contributed by atoms with Crippen molar-refractivity contribution in [3.05, 3.63) is 35.9 Å². The van der Waals surface area contributed by atoms with Crippen molar-refractivity contribution in [2.45, 2.75) is 39.2 Å². The zero-order valence-corrected chi connectivity index (χ0v) is 11.6. The van der Waals surface area contributed by atoms with Gasteiger partial charge in [0.25, 0.3) is 0 Å². The lowest BCUT2D eigenvalue weighted by Crippen LogP contribution is -2.29. The molecule has 19 heavy (non-hydrogen) atoms. The van der Waals surface area contributed by atoms with E-state index in [1.54, 1.807) is 0 Å². The number of hydrogen-bond donors (Lipinski definition) is 1. The molecule has 0 bridgehead atoms. The van der Waals surface area contributed by atoms with Crippen LogP contribution in [0.3, 0.4) is 0 Å². The number of nitrogens with zero attached hydrogens (tertiary/aromatic N) is 1. The van der Waals surface area contributed by atoms with Gasteiger partial charge in [0, 0.05) is 18.6 Å². The van der Waals surface area contributed by atoms with Gasteiger partial charge >= 0.3 is 0 Å². The fourth-order valence-corrected chi connectivity index (χ4v) is 2.61. The predicted octanol–water partition coefficient (Wildman–Crippen LogP) is 2.94. The Bertz CT molecular complexity index is 477. The summed E-state index contributed by atoms with van der Waals surface area (Å²) in [5, 5.41) is 10.1. The Kier molecular flexibility index (Phi) is 4.15. The van der Waals surface area contributed by atoms with E-state index < -0.39 is 6.10 Å². The minimum absolute atomic E-state index is 0.00582. The van der Waals surface area contributed by atoms with E-state index in [-0.39, 0.29) is 11.2 Å². The van der Waals surface area contributed by atoms with Crippen molar-refractivity contribution in [3.63, 3.8) is 0 Å². The molecule has 0 aromatic heterocycles. The van der Waals surface area contributed by atoms with Crippen LogP contribution in [0.5, 0.6) is 0 Å². The van der Waals surface area contributed by atoms with Crippen LogP contribution < -0.4 is 0 Å². The van der Waals surface area contributed by atoms with E-state index in [0.29, 0.717) is 19.4 Å². The third kappa shape index (κ3) is 4.00. The van der Waals surface area contributed by atoms with Crippen LogP contribution in [0.15, 0.2) is 35.3 Å². The molecule has 2 rings (SSSR count). The lowest BCUT2D eigenvalue weighted by molar-refractivity contribution is -0.120. The summed E-state index contributed by atoms with van der Waals surface area (Å²) in [6, 6.07) is 9.50. The Labute approximate surface area is 114 Å². The molecular weight excluding hydrogens is 238 g/mol. The molecule has 0 aliphatic heterocycles.